The zero-order chi connectivity index (χ0) is 14.1. The monoisotopic (exact) mass is 350 g/mol. The average molecular weight is 352 g/mol. The Labute approximate surface area is 129 Å². The predicted molar refractivity (Wildman–Crippen MR) is 84.5 cm³/mol. The zero-order valence-electron chi connectivity index (χ0n) is 10.4. The van der Waals surface area contributed by atoms with Crippen LogP contribution in [-0.4, -0.2) is 0 Å². The topological polar surface area (TPSA) is 51.2 Å². The van der Waals surface area contributed by atoms with Crippen LogP contribution < -0.4 is 11.3 Å². The highest BCUT2D eigenvalue weighted by molar-refractivity contribution is 9.10. The molecule has 3 aromatic rings. The molecule has 2 aromatic carbocycles. The minimum atomic E-state index is -0.226. The third kappa shape index (κ3) is 2.47. The molecule has 1 aromatic heterocycles. The molecule has 3 N–H and O–H groups in total. The number of rotatable bonds is 3. The molecule has 0 aliphatic rings. The molecule has 0 saturated heterocycles. The Morgan fingerprint density at radius 3 is 2.65 bits per heavy atom. The van der Waals surface area contributed by atoms with Crippen molar-refractivity contribution in [2.75, 3.05) is 0 Å². The largest absolute Gasteiger partial charge is 0.459 e. The highest BCUT2D eigenvalue weighted by atomic mass is 79.9. The normalized spacial score (nSPS) is 12.8. The second-order valence-corrected chi connectivity index (χ2v) is 5.72. The van der Waals surface area contributed by atoms with Gasteiger partial charge in [0.05, 0.1) is 5.02 Å². The molecule has 0 aliphatic carbocycles. The van der Waals surface area contributed by atoms with Gasteiger partial charge in [-0.2, -0.15) is 0 Å². The van der Waals surface area contributed by atoms with Crippen LogP contribution in [0.25, 0.3) is 11.0 Å². The van der Waals surface area contributed by atoms with Gasteiger partial charge in [-0.25, -0.2) is 5.43 Å². The summed E-state index contributed by atoms with van der Waals surface area (Å²) in [5.41, 5.74) is 4.60. The molecule has 0 aliphatic heterocycles. The second-order valence-electron chi connectivity index (χ2n) is 4.46. The van der Waals surface area contributed by atoms with E-state index in [1.807, 2.05) is 48.5 Å². The highest BCUT2D eigenvalue weighted by Crippen LogP contribution is 2.31. The number of nitrogens with one attached hydrogen (secondary N) is 1. The van der Waals surface area contributed by atoms with Crippen molar-refractivity contribution in [1.82, 2.24) is 5.43 Å². The first-order valence-electron chi connectivity index (χ1n) is 6.08. The molecular formula is C15H12BrClN2O. The van der Waals surface area contributed by atoms with Crippen molar-refractivity contribution in [2.24, 2.45) is 5.84 Å². The van der Waals surface area contributed by atoms with Gasteiger partial charge in [0, 0.05) is 9.86 Å². The quantitative estimate of drug-likeness (QED) is 0.543. The van der Waals surface area contributed by atoms with E-state index in [0.29, 0.717) is 5.02 Å². The minimum absolute atomic E-state index is 0.226. The molecule has 1 unspecified atom stereocenters. The van der Waals surface area contributed by atoms with Gasteiger partial charge in [-0.05, 0) is 45.8 Å². The number of hydrazine groups is 1. The van der Waals surface area contributed by atoms with E-state index < -0.39 is 0 Å². The molecule has 102 valence electrons. The SMILES string of the molecule is NNC(c1ccc(Cl)c(Br)c1)c1cc2ccccc2o1. The van der Waals surface area contributed by atoms with Gasteiger partial charge in [-0.1, -0.05) is 35.9 Å². The van der Waals surface area contributed by atoms with Gasteiger partial charge in [-0.3, -0.25) is 5.84 Å². The Bertz CT molecular complexity index is 723. The summed E-state index contributed by atoms with van der Waals surface area (Å²) in [7, 11) is 0. The highest BCUT2D eigenvalue weighted by Gasteiger charge is 2.18. The maximum Gasteiger partial charge on any atom is 0.134 e. The summed E-state index contributed by atoms with van der Waals surface area (Å²) >= 11 is 9.44. The van der Waals surface area contributed by atoms with Gasteiger partial charge < -0.3 is 4.42 Å². The van der Waals surface area contributed by atoms with E-state index in [-0.39, 0.29) is 6.04 Å². The molecule has 1 heterocycles. The first-order chi connectivity index (χ1) is 9.69. The van der Waals surface area contributed by atoms with E-state index in [9.17, 15) is 0 Å². The van der Waals surface area contributed by atoms with Crippen molar-refractivity contribution in [3.63, 3.8) is 0 Å². The van der Waals surface area contributed by atoms with Crippen LogP contribution in [0.15, 0.2) is 57.4 Å². The van der Waals surface area contributed by atoms with Crippen LogP contribution >= 0.6 is 27.5 Å². The van der Waals surface area contributed by atoms with E-state index in [4.69, 9.17) is 21.9 Å². The third-order valence-electron chi connectivity index (χ3n) is 3.17. The van der Waals surface area contributed by atoms with Crippen molar-refractivity contribution >= 4 is 38.5 Å². The minimum Gasteiger partial charge on any atom is -0.459 e. The van der Waals surface area contributed by atoms with Gasteiger partial charge in [0.25, 0.3) is 0 Å². The Kier molecular flexibility index (Phi) is 3.81. The molecule has 1 atom stereocenters. The van der Waals surface area contributed by atoms with E-state index in [1.165, 1.54) is 0 Å². The van der Waals surface area contributed by atoms with E-state index in [2.05, 4.69) is 21.4 Å². The molecule has 0 spiro atoms. The van der Waals surface area contributed by atoms with Crippen LogP contribution in [0, 0.1) is 0 Å². The Balaban J connectivity index is 2.06. The molecule has 5 heteroatoms. The lowest BCUT2D eigenvalue weighted by atomic mass is 10.1. The molecular weight excluding hydrogens is 340 g/mol. The number of halogens is 2. The van der Waals surface area contributed by atoms with Crippen LogP contribution in [0.4, 0.5) is 0 Å². The van der Waals surface area contributed by atoms with E-state index in [1.54, 1.807) is 0 Å². The van der Waals surface area contributed by atoms with Crippen LogP contribution in [-0.2, 0) is 0 Å². The third-order valence-corrected chi connectivity index (χ3v) is 4.39. The fourth-order valence-electron chi connectivity index (χ4n) is 2.18. The van der Waals surface area contributed by atoms with Crippen LogP contribution in [0.2, 0.25) is 5.02 Å². The van der Waals surface area contributed by atoms with Crippen molar-refractivity contribution in [3.8, 4) is 0 Å². The Hall–Kier alpha value is -1.33. The number of fused-ring (bicyclic) bond motifs is 1. The molecule has 3 nitrogen and oxygen atoms in total. The number of hydrogen-bond donors (Lipinski definition) is 2. The summed E-state index contributed by atoms with van der Waals surface area (Å²) < 4.78 is 6.68. The number of hydrogen-bond acceptors (Lipinski definition) is 3. The van der Waals surface area contributed by atoms with E-state index in [0.717, 1.165) is 26.8 Å². The van der Waals surface area contributed by atoms with Gasteiger partial charge in [0.2, 0.25) is 0 Å². The van der Waals surface area contributed by atoms with Gasteiger partial charge in [-0.15, -0.1) is 0 Å². The molecule has 0 fully saturated rings. The summed E-state index contributed by atoms with van der Waals surface area (Å²) in [6, 6.07) is 15.3. The van der Waals surface area contributed by atoms with E-state index >= 15 is 0 Å². The van der Waals surface area contributed by atoms with Crippen LogP contribution in [0.5, 0.6) is 0 Å². The average Bonchev–Trinajstić information content (AvgIpc) is 2.87. The first kappa shape index (κ1) is 13.6. The summed E-state index contributed by atoms with van der Waals surface area (Å²) in [5.74, 6) is 6.46. The standard InChI is InChI=1S/C15H12BrClN2O/c16-11-7-10(5-6-12(11)17)15(19-18)14-8-9-3-1-2-4-13(9)20-14/h1-8,15,19H,18H2. The lowest BCUT2D eigenvalue weighted by Crippen LogP contribution is -2.28. The lowest BCUT2D eigenvalue weighted by molar-refractivity contribution is 0.477. The van der Waals surface area contributed by atoms with Gasteiger partial charge in [0.15, 0.2) is 0 Å². The van der Waals surface area contributed by atoms with Crippen LogP contribution in [0.1, 0.15) is 17.4 Å². The van der Waals surface area contributed by atoms with Crippen LogP contribution in [0.3, 0.4) is 0 Å². The molecule has 3 rings (SSSR count). The second kappa shape index (κ2) is 5.58. The Morgan fingerprint density at radius 2 is 1.95 bits per heavy atom. The summed E-state index contributed by atoms with van der Waals surface area (Å²) in [5, 5.41) is 1.71. The Morgan fingerprint density at radius 1 is 1.15 bits per heavy atom. The van der Waals surface area contributed by atoms with Crippen molar-refractivity contribution < 1.29 is 4.42 Å². The smallest absolute Gasteiger partial charge is 0.134 e. The molecule has 0 radical (unpaired) electrons. The fourth-order valence-corrected chi connectivity index (χ4v) is 2.69. The fraction of sp³-hybridized carbons (Fsp3) is 0.0667. The molecule has 20 heavy (non-hydrogen) atoms. The number of nitrogens with two attached hydrogens (primary N) is 1. The zero-order valence-corrected chi connectivity index (χ0v) is 12.8. The molecule has 0 amide bonds. The summed E-state index contributed by atoms with van der Waals surface area (Å²) in [4.78, 5) is 0. The maximum atomic E-state index is 6.02. The van der Waals surface area contributed by atoms with Crippen molar-refractivity contribution in [3.05, 3.63) is 69.3 Å². The van der Waals surface area contributed by atoms with Crippen molar-refractivity contribution in [2.45, 2.75) is 6.04 Å². The first-order valence-corrected chi connectivity index (χ1v) is 7.25. The number of furan rings is 1. The number of para-hydroxylation sites is 1. The molecule has 0 saturated carbocycles. The molecule has 0 bridgehead atoms. The predicted octanol–water partition coefficient (Wildman–Crippen LogP) is 4.40. The van der Waals surface area contributed by atoms with Gasteiger partial charge >= 0.3 is 0 Å². The summed E-state index contributed by atoms with van der Waals surface area (Å²) in [6.45, 7) is 0. The van der Waals surface area contributed by atoms with Gasteiger partial charge in [0.1, 0.15) is 17.4 Å². The maximum absolute atomic E-state index is 6.02. The lowest BCUT2D eigenvalue weighted by Gasteiger charge is -2.14. The summed E-state index contributed by atoms with van der Waals surface area (Å²) in [6.07, 6.45) is 0. The number of benzene rings is 2. The van der Waals surface area contributed by atoms with Crippen molar-refractivity contribution in [1.29, 1.82) is 0 Å².